The molecule has 3 N–H and O–H groups in total. The molecule has 0 aliphatic heterocycles. The number of rotatable bonds is 6. The van der Waals surface area contributed by atoms with Gasteiger partial charge in [-0.15, -0.1) is 0 Å². The molecular formula is C17H26N2O2. The molecule has 1 aromatic rings. The molecule has 4 nitrogen and oxygen atoms in total. The first kappa shape index (κ1) is 15.8. The number of nitrogens with one attached hydrogen (secondary N) is 2. The molecule has 116 valence electrons. The van der Waals surface area contributed by atoms with Gasteiger partial charge in [-0.3, -0.25) is 0 Å². The summed E-state index contributed by atoms with van der Waals surface area (Å²) in [5, 5.41) is 15.9. The van der Waals surface area contributed by atoms with Crippen LogP contribution in [0.3, 0.4) is 0 Å². The van der Waals surface area contributed by atoms with Gasteiger partial charge >= 0.3 is 6.03 Å². The number of benzene rings is 1. The molecule has 1 aliphatic rings. The summed E-state index contributed by atoms with van der Waals surface area (Å²) >= 11 is 0. The van der Waals surface area contributed by atoms with Crippen molar-refractivity contribution in [3.8, 4) is 0 Å². The lowest BCUT2D eigenvalue weighted by Gasteiger charge is -2.23. The van der Waals surface area contributed by atoms with E-state index in [2.05, 4.69) is 29.7 Å². The average Bonchev–Trinajstić information content (AvgIpc) is 2.94. The highest BCUT2D eigenvalue weighted by Gasteiger charge is 2.31. The van der Waals surface area contributed by atoms with Gasteiger partial charge in [-0.25, -0.2) is 4.79 Å². The van der Waals surface area contributed by atoms with E-state index in [4.69, 9.17) is 0 Å². The van der Waals surface area contributed by atoms with Crippen molar-refractivity contribution in [2.45, 2.75) is 50.5 Å². The van der Waals surface area contributed by atoms with Gasteiger partial charge in [0.05, 0.1) is 5.60 Å². The van der Waals surface area contributed by atoms with Gasteiger partial charge in [-0.1, -0.05) is 50.1 Å². The van der Waals surface area contributed by atoms with Crippen molar-refractivity contribution in [3.05, 3.63) is 35.9 Å². The Kier molecular flexibility index (Phi) is 5.62. The zero-order chi connectivity index (χ0) is 15.1. The van der Waals surface area contributed by atoms with Crippen LogP contribution in [-0.2, 0) is 0 Å². The minimum Gasteiger partial charge on any atom is -0.388 e. The van der Waals surface area contributed by atoms with Gasteiger partial charge in [0.2, 0.25) is 0 Å². The van der Waals surface area contributed by atoms with Gasteiger partial charge in [0, 0.05) is 19.0 Å². The summed E-state index contributed by atoms with van der Waals surface area (Å²) in [6.07, 6.45) is 4.65. The van der Waals surface area contributed by atoms with Crippen molar-refractivity contribution < 1.29 is 9.90 Å². The number of hydrogen-bond donors (Lipinski definition) is 3. The molecule has 0 bridgehead atoms. The smallest absolute Gasteiger partial charge is 0.314 e. The molecule has 0 radical (unpaired) electrons. The quantitative estimate of drug-likeness (QED) is 0.754. The maximum atomic E-state index is 11.9. The highest BCUT2D eigenvalue weighted by Crippen LogP contribution is 2.28. The van der Waals surface area contributed by atoms with Crippen LogP contribution in [0.1, 0.15) is 50.5 Å². The van der Waals surface area contributed by atoms with Crippen molar-refractivity contribution in [2.75, 3.05) is 13.1 Å². The van der Waals surface area contributed by atoms with E-state index in [0.717, 1.165) is 32.1 Å². The van der Waals surface area contributed by atoms with Crippen LogP contribution in [0.25, 0.3) is 0 Å². The zero-order valence-electron chi connectivity index (χ0n) is 12.8. The fourth-order valence-electron chi connectivity index (χ4n) is 2.96. The van der Waals surface area contributed by atoms with Crippen molar-refractivity contribution in [3.63, 3.8) is 0 Å². The Morgan fingerprint density at radius 1 is 1.24 bits per heavy atom. The molecule has 2 amide bonds. The van der Waals surface area contributed by atoms with Crippen LogP contribution in [0.5, 0.6) is 0 Å². The molecule has 0 saturated heterocycles. The molecule has 1 aliphatic carbocycles. The molecule has 21 heavy (non-hydrogen) atoms. The monoisotopic (exact) mass is 290 g/mol. The molecule has 1 fully saturated rings. The van der Waals surface area contributed by atoms with E-state index in [0.29, 0.717) is 19.0 Å². The topological polar surface area (TPSA) is 61.4 Å². The Labute approximate surface area is 126 Å². The Hall–Kier alpha value is -1.55. The number of urea groups is 1. The van der Waals surface area contributed by atoms with Crippen molar-refractivity contribution in [1.29, 1.82) is 0 Å². The van der Waals surface area contributed by atoms with Crippen molar-refractivity contribution >= 4 is 6.03 Å². The van der Waals surface area contributed by atoms with Gasteiger partial charge < -0.3 is 15.7 Å². The summed E-state index contributed by atoms with van der Waals surface area (Å²) in [5.41, 5.74) is 0.552. The predicted molar refractivity (Wildman–Crippen MR) is 84.3 cm³/mol. The van der Waals surface area contributed by atoms with Crippen LogP contribution in [0, 0.1) is 0 Å². The SMILES string of the molecule is CCC(CNC(=O)NCC1(O)CCCC1)c1ccccc1. The van der Waals surface area contributed by atoms with Crippen molar-refractivity contribution in [1.82, 2.24) is 10.6 Å². The Bertz CT molecular complexity index is 441. The molecule has 1 unspecified atom stereocenters. The highest BCUT2D eigenvalue weighted by molar-refractivity contribution is 5.74. The maximum absolute atomic E-state index is 11.9. The summed E-state index contributed by atoms with van der Waals surface area (Å²) in [4.78, 5) is 11.9. The van der Waals surface area contributed by atoms with E-state index in [1.165, 1.54) is 5.56 Å². The number of carbonyl (C=O) groups is 1. The fourth-order valence-corrected chi connectivity index (χ4v) is 2.96. The Morgan fingerprint density at radius 2 is 1.90 bits per heavy atom. The number of carbonyl (C=O) groups excluding carboxylic acids is 1. The van der Waals surface area contributed by atoms with Crippen molar-refractivity contribution in [2.24, 2.45) is 0 Å². The minimum atomic E-state index is -0.694. The normalized spacial score (nSPS) is 18.2. The van der Waals surface area contributed by atoms with Crippen LogP contribution in [0.4, 0.5) is 4.79 Å². The Morgan fingerprint density at radius 3 is 2.52 bits per heavy atom. The lowest BCUT2D eigenvalue weighted by Crippen LogP contribution is -2.45. The molecule has 1 aromatic carbocycles. The molecule has 0 spiro atoms. The van der Waals surface area contributed by atoms with Crippen LogP contribution in [0.2, 0.25) is 0 Å². The van der Waals surface area contributed by atoms with Crippen LogP contribution < -0.4 is 10.6 Å². The predicted octanol–water partition coefficient (Wildman–Crippen LogP) is 2.78. The molecule has 0 aromatic heterocycles. The second kappa shape index (κ2) is 7.46. The first-order valence-corrected chi connectivity index (χ1v) is 7.92. The lowest BCUT2D eigenvalue weighted by molar-refractivity contribution is 0.0501. The van der Waals surface area contributed by atoms with Gasteiger partial charge in [-0.05, 0) is 24.8 Å². The van der Waals surface area contributed by atoms with Gasteiger partial charge in [0.1, 0.15) is 0 Å². The fraction of sp³-hybridized carbons (Fsp3) is 0.588. The summed E-state index contributed by atoms with van der Waals surface area (Å²) < 4.78 is 0. The summed E-state index contributed by atoms with van der Waals surface area (Å²) in [5.74, 6) is 0.325. The summed E-state index contributed by atoms with van der Waals surface area (Å²) in [7, 11) is 0. The second-order valence-electron chi connectivity index (χ2n) is 6.01. The molecule has 1 saturated carbocycles. The number of aliphatic hydroxyl groups is 1. The first-order chi connectivity index (χ1) is 10.1. The van der Waals surface area contributed by atoms with Crippen LogP contribution in [0.15, 0.2) is 30.3 Å². The lowest BCUT2D eigenvalue weighted by atomic mass is 9.97. The van der Waals surface area contributed by atoms with E-state index in [9.17, 15) is 9.90 Å². The summed E-state index contributed by atoms with van der Waals surface area (Å²) in [6, 6.07) is 10.0. The van der Waals surface area contributed by atoms with Gasteiger partial charge in [0.15, 0.2) is 0 Å². The summed E-state index contributed by atoms with van der Waals surface area (Å²) in [6.45, 7) is 3.09. The third kappa shape index (κ3) is 4.74. The zero-order valence-corrected chi connectivity index (χ0v) is 12.8. The van der Waals surface area contributed by atoms with Crippen LogP contribution >= 0.6 is 0 Å². The van der Waals surface area contributed by atoms with E-state index in [-0.39, 0.29) is 6.03 Å². The average molecular weight is 290 g/mol. The molecule has 2 rings (SSSR count). The maximum Gasteiger partial charge on any atom is 0.314 e. The number of amides is 2. The van der Waals surface area contributed by atoms with Gasteiger partial charge in [0.25, 0.3) is 0 Å². The standard InChI is InChI=1S/C17H26N2O2/c1-2-14(15-8-4-3-5-9-15)12-18-16(20)19-13-17(21)10-6-7-11-17/h3-5,8-9,14,21H,2,6-7,10-13H2,1H3,(H2,18,19,20). The highest BCUT2D eigenvalue weighted by atomic mass is 16.3. The molecule has 0 heterocycles. The largest absolute Gasteiger partial charge is 0.388 e. The molecular weight excluding hydrogens is 264 g/mol. The minimum absolute atomic E-state index is 0.190. The van der Waals surface area contributed by atoms with Crippen LogP contribution in [-0.4, -0.2) is 29.8 Å². The van der Waals surface area contributed by atoms with E-state index in [1.807, 2.05) is 18.2 Å². The van der Waals surface area contributed by atoms with Gasteiger partial charge in [-0.2, -0.15) is 0 Å². The third-order valence-corrected chi connectivity index (χ3v) is 4.39. The van der Waals surface area contributed by atoms with E-state index < -0.39 is 5.60 Å². The van der Waals surface area contributed by atoms with E-state index >= 15 is 0 Å². The molecule has 1 atom stereocenters. The third-order valence-electron chi connectivity index (χ3n) is 4.39. The second-order valence-corrected chi connectivity index (χ2v) is 6.01. The number of hydrogen-bond acceptors (Lipinski definition) is 2. The first-order valence-electron chi connectivity index (χ1n) is 7.92. The van der Waals surface area contributed by atoms with E-state index in [1.54, 1.807) is 0 Å². The molecule has 4 heteroatoms. The Balaban J connectivity index is 1.75.